The van der Waals surface area contributed by atoms with Crippen LogP contribution in [0.3, 0.4) is 0 Å². The van der Waals surface area contributed by atoms with Gasteiger partial charge in [-0.1, -0.05) is 41.3 Å². The first-order valence-electron chi connectivity index (χ1n) is 8.02. The molecular weight excluding hydrogens is 387 g/mol. The van der Waals surface area contributed by atoms with Crippen molar-refractivity contribution in [3.63, 3.8) is 0 Å². The van der Waals surface area contributed by atoms with E-state index in [1.54, 1.807) is 26.2 Å². The predicted octanol–water partition coefficient (Wildman–Crippen LogP) is 4.55. The van der Waals surface area contributed by atoms with E-state index in [4.69, 9.17) is 4.74 Å². The lowest BCUT2D eigenvalue weighted by Crippen LogP contribution is -2.22. The van der Waals surface area contributed by atoms with Crippen molar-refractivity contribution in [1.29, 1.82) is 0 Å². The lowest BCUT2D eigenvalue weighted by atomic mass is 10.3. The normalized spacial score (nSPS) is 11.7. The Balaban J connectivity index is 1.60. The second-order valence-corrected chi connectivity index (χ2v) is 8.02. The minimum atomic E-state index is -0.416. The zero-order chi connectivity index (χ0) is 19.2. The Morgan fingerprint density at radius 2 is 2.04 bits per heavy atom. The summed E-state index contributed by atoms with van der Waals surface area (Å²) < 4.78 is 19.2. The summed E-state index contributed by atoms with van der Waals surface area (Å²) in [5.41, 5.74) is 1.20. The van der Waals surface area contributed by atoms with Gasteiger partial charge in [-0.15, -0.1) is 10.2 Å². The third-order valence-electron chi connectivity index (χ3n) is 3.49. The van der Waals surface area contributed by atoms with Crippen LogP contribution in [0.25, 0.3) is 0 Å². The fourth-order valence-electron chi connectivity index (χ4n) is 2.19. The predicted molar refractivity (Wildman–Crippen MR) is 107 cm³/mol. The van der Waals surface area contributed by atoms with Gasteiger partial charge in [0, 0.05) is 5.69 Å². The van der Waals surface area contributed by atoms with E-state index >= 15 is 0 Å². The van der Waals surface area contributed by atoms with E-state index in [0.29, 0.717) is 20.9 Å². The molecule has 1 heterocycles. The zero-order valence-electron chi connectivity index (χ0n) is 14.6. The van der Waals surface area contributed by atoms with Crippen LogP contribution in [0.15, 0.2) is 52.9 Å². The number of anilines is 3. The van der Waals surface area contributed by atoms with Gasteiger partial charge < -0.3 is 15.4 Å². The van der Waals surface area contributed by atoms with Gasteiger partial charge in [-0.05, 0) is 37.3 Å². The van der Waals surface area contributed by atoms with Crippen molar-refractivity contribution in [2.24, 2.45) is 0 Å². The summed E-state index contributed by atoms with van der Waals surface area (Å²) in [6, 6.07) is 13.3. The molecule has 2 N–H and O–H groups in total. The van der Waals surface area contributed by atoms with Crippen molar-refractivity contribution in [3.05, 3.63) is 54.3 Å². The van der Waals surface area contributed by atoms with Gasteiger partial charge in [0.15, 0.2) is 4.34 Å². The molecule has 1 aromatic heterocycles. The number of nitrogens with one attached hydrogen (secondary N) is 2. The maximum Gasteiger partial charge on any atom is 0.237 e. The van der Waals surface area contributed by atoms with Crippen LogP contribution >= 0.6 is 23.1 Å². The molecule has 6 nitrogen and oxygen atoms in total. The summed E-state index contributed by atoms with van der Waals surface area (Å²) >= 11 is 2.62. The number of hydrogen-bond acceptors (Lipinski definition) is 7. The van der Waals surface area contributed by atoms with E-state index in [-0.39, 0.29) is 5.91 Å². The quantitative estimate of drug-likeness (QED) is 0.563. The van der Waals surface area contributed by atoms with E-state index in [1.165, 1.54) is 35.2 Å². The SMILES string of the molecule is COc1ccccc1Nc1nnc(SC(C)C(=O)Nc2cccc(F)c2)s1. The lowest BCUT2D eigenvalue weighted by molar-refractivity contribution is -0.115. The number of thioether (sulfide) groups is 1. The fraction of sp³-hybridized carbons (Fsp3) is 0.167. The average Bonchev–Trinajstić information content (AvgIpc) is 3.09. The van der Waals surface area contributed by atoms with Crippen molar-refractivity contribution in [3.8, 4) is 5.75 Å². The number of aromatic nitrogens is 2. The molecule has 0 radical (unpaired) electrons. The monoisotopic (exact) mass is 404 g/mol. The van der Waals surface area contributed by atoms with Crippen LogP contribution < -0.4 is 15.4 Å². The molecule has 0 bridgehead atoms. The van der Waals surface area contributed by atoms with E-state index in [0.717, 1.165) is 5.69 Å². The van der Waals surface area contributed by atoms with Crippen LogP contribution in [0.2, 0.25) is 0 Å². The third-order valence-corrected chi connectivity index (χ3v) is 5.52. The smallest absolute Gasteiger partial charge is 0.237 e. The molecule has 3 rings (SSSR count). The summed E-state index contributed by atoms with van der Waals surface area (Å²) in [5.74, 6) is 0.0639. The first-order chi connectivity index (χ1) is 13.0. The van der Waals surface area contributed by atoms with Crippen LogP contribution in [0.4, 0.5) is 20.9 Å². The van der Waals surface area contributed by atoms with Gasteiger partial charge in [-0.3, -0.25) is 4.79 Å². The van der Waals surface area contributed by atoms with Crippen LogP contribution in [0, 0.1) is 5.82 Å². The molecule has 0 saturated carbocycles. The zero-order valence-corrected chi connectivity index (χ0v) is 16.2. The van der Waals surface area contributed by atoms with Crippen molar-refractivity contribution in [1.82, 2.24) is 10.2 Å². The number of hydrogen-bond donors (Lipinski definition) is 2. The Morgan fingerprint density at radius 3 is 2.81 bits per heavy atom. The highest BCUT2D eigenvalue weighted by Crippen LogP contribution is 2.33. The highest BCUT2D eigenvalue weighted by Gasteiger charge is 2.18. The summed E-state index contributed by atoms with van der Waals surface area (Å²) in [6.45, 7) is 1.76. The Morgan fingerprint density at radius 1 is 1.22 bits per heavy atom. The van der Waals surface area contributed by atoms with Crippen molar-refractivity contribution >= 4 is 45.5 Å². The van der Waals surface area contributed by atoms with Crippen LogP contribution in [0.5, 0.6) is 5.75 Å². The van der Waals surface area contributed by atoms with E-state index in [1.807, 2.05) is 24.3 Å². The van der Waals surface area contributed by atoms with E-state index in [9.17, 15) is 9.18 Å². The van der Waals surface area contributed by atoms with Crippen molar-refractivity contribution in [2.45, 2.75) is 16.5 Å². The second kappa shape index (κ2) is 8.83. The van der Waals surface area contributed by atoms with Crippen molar-refractivity contribution in [2.75, 3.05) is 17.7 Å². The molecule has 27 heavy (non-hydrogen) atoms. The Hall–Kier alpha value is -2.65. The number of halogens is 1. The molecule has 0 aliphatic carbocycles. The summed E-state index contributed by atoms with van der Waals surface area (Å²) in [5, 5.41) is 14.2. The van der Waals surface area contributed by atoms with Crippen LogP contribution in [-0.4, -0.2) is 28.5 Å². The minimum Gasteiger partial charge on any atom is -0.495 e. The molecule has 3 aromatic rings. The second-order valence-electron chi connectivity index (χ2n) is 5.46. The third kappa shape index (κ3) is 5.18. The fourth-order valence-corrected chi connectivity index (χ4v) is 4.09. The van der Waals surface area contributed by atoms with E-state index in [2.05, 4.69) is 20.8 Å². The molecule has 140 valence electrons. The van der Waals surface area contributed by atoms with Gasteiger partial charge in [0.1, 0.15) is 11.6 Å². The number of carbonyl (C=O) groups excluding carboxylic acids is 1. The lowest BCUT2D eigenvalue weighted by Gasteiger charge is -2.10. The Bertz CT molecular complexity index is 935. The average molecular weight is 404 g/mol. The molecule has 0 fully saturated rings. The van der Waals surface area contributed by atoms with Gasteiger partial charge in [0.25, 0.3) is 0 Å². The first kappa shape index (κ1) is 19.1. The van der Waals surface area contributed by atoms with Crippen molar-refractivity contribution < 1.29 is 13.9 Å². The molecule has 0 aliphatic rings. The number of rotatable bonds is 7. The Labute approximate surface area is 164 Å². The maximum atomic E-state index is 13.2. The number of benzene rings is 2. The molecule has 1 unspecified atom stereocenters. The summed E-state index contributed by atoms with van der Waals surface area (Å²) in [7, 11) is 1.60. The molecule has 0 saturated heterocycles. The van der Waals surface area contributed by atoms with Crippen LogP contribution in [0.1, 0.15) is 6.92 Å². The number of para-hydroxylation sites is 2. The van der Waals surface area contributed by atoms with Crippen LogP contribution in [-0.2, 0) is 4.79 Å². The summed E-state index contributed by atoms with van der Waals surface area (Å²) in [6.07, 6.45) is 0. The van der Waals surface area contributed by atoms with E-state index < -0.39 is 11.1 Å². The molecule has 9 heteroatoms. The molecule has 2 aromatic carbocycles. The topological polar surface area (TPSA) is 76.1 Å². The minimum absolute atomic E-state index is 0.236. The van der Waals surface area contributed by atoms with Gasteiger partial charge in [-0.2, -0.15) is 0 Å². The highest BCUT2D eigenvalue weighted by atomic mass is 32.2. The Kier molecular flexibility index (Phi) is 6.25. The summed E-state index contributed by atoms with van der Waals surface area (Å²) in [4.78, 5) is 12.3. The first-order valence-corrected chi connectivity index (χ1v) is 9.71. The largest absolute Gasteiger partial charge is 0.495 e. The molecular formula is C18H17FN4O2S2. The van der Waals surface area contributed by atoms with Gasteiger partial charge >= 0.3 is 0 Å². The number of nitrogens with zero attached hydrogens (tertiary/aromatic N) is 2. The molecule has 1 amide bonds. The van der Waals surface area contributed by atoms with Gasteiger partial charge in [0.05, 0.1) is 18.0 Å². The number of ether oxygens (including phenoxy) is 1. The highest BCUT2D eigenvalue weighted by molar-refractivity contribution is 8.02. The molecule has 0 aliphatic heterocycles. The maximum absolute atomic E-state index is 13.2. The number of carbonyl (C=O) groups is 1. The van der Waals surface area contributed by atoms with Gasteiger partial charge in [-0.25, -0.2) is 4.39 Å². The standard InChI is InChI=1S/C18H17FN4O2S2/c1-11(16(24)20-13-7-5-6-12(19)10-13)26-18-23-22-17(27-18)21-14-8-3-4-9-15(14)25-2/h3-11H,1-2H3,(H,20,24)(H,21,22). The molecule has 0 spiro atoms. The number of methoxy groups -OCH3 is 1. The van der Waals surface area contributed by atoms with Gasteiger partial charge in [0.2, 0.25) is 11.0 Å². The number of amides is 1. The molecule has 1 atom stereocenters.